The van der Waals surface area contributed by atoms with Crippen LogP contribution in [0.3, 0.4) is 0 Å². The molecule has 0 amide bonds. The van der Waals surface area contributed by atoms with Gasteiger partial charge in [0.2, 0.25) is 0 Å². The largest absolute Gasteiger partial charge is 0.0537 e. The zero-order valence-electron chi connectivity index (χ0n) is 6.46. The first-order chi connectivity index (χ1) is 5.95. The molecule has 1 aliphatic carbocycles. The summed E-state index contributed by atoms with van der Waals surface area (Å²) in [6.45, 7) is 0. The predicted octanol–water partition coefficient (Wildman–Crippen LogP) is 2.92. The maximum absolute atomic E-state index is 3.18. The zero-order chi connectivity index (χ0) is 7.97. The average molecular weight is 150 g/mol. The highest BCUT2D eigenvalue weighted by Crippen LogP contribution is 2.29. The van der Waals surface area contributed by atoms with E-state index in [9.17, 15) is 0 Å². The monoisotopic (exact) mass is 150 g/mol. The molecular weight excluding hydrogens is 144 g/mol. The van der Waals surface area contributed by atoms with Gasteiger partial charge >= 0.3 is 0 Å². The maximum atomic E-state index is 3.18. The van der Waals surface area contributed by atoms with Crippen molar-refractivity contribution in [3.63, 3.8) is 0 Å². The fourth-order valence-corrected chi connectivity index (χ4v) is 1.69. The molecule has 0 N–H and O–H groups in total. The number of hydrogen-bond acceptors (Lipinski definition) is 0. The van der Waals surface area contributed by atoms with Gasteiger partial charge in [0, 0.05) is 0 Å². The topological polar surface area (TPSA) is 0 Å². The Labute approximate surface area is 71.1 Å². The molecule has 0 heteroatoms. The summed E-state index contributed by atoms with van der Waals surface area (Å²) in [4.78, 5) is 0. The number of rotatable bonds is 0. The lowest BCUT2D eigenvalue weighted by Gasteiger charge is -1.98. The van der Waals surface area contributed by atoms with E-state index in [4.69, 9.17) is 0 Å². The highest BCUT2D eigenvalue weighted by Gasteiger charge is 2.06. The molecule has 0 saturated heterocycles. The van der Waals surface area contributed by atoms with Gasteiger partial charge in [0.05, 0.1) is 0 Å². The molecular formula is C12H6. The Morgan fingerprint density at radius 1 is 0.833 bits per heavy atom. The van der Waals surface area contributed by atoms with Crippen molar-refractivity contribution >= 4 is 22.9 Å². The third kappa shape index (κ3) is 0.620. The first-order valence-electron chi connectivity index (χ1n) is 3.98. The van der Waals surface area contributed by atoms with Crippen LogP contribution in [-0.2, 0) is 0 Å². The first-order valence-corrected chi connectivity index (χ1v) is 3.98. The van der Waals surface area contributed by atoms with Gasteiger partial charge in [-0.1, -0.05) is 36.4 Å². The van der Waals surface area contributed by atoms with Crippen molar-refractivity contribution in [2.24, 2.45) is 0 Å². The normalized spacial score (nSPS) is 12.7. The summed E-state index contributed by atoms with van der Waals surface area (Å²) >= 11 is 0. The van der Waals surface area contributed by atoms with Crippen LogP contribution < -0.4 is 0 Å². The Bertz CT molecular complexity index is 438. The lowest BCUT2D eigenvalue weighted by Crippen LogP contribution is -1.77. The van der Waals surface area contributed by atoms with Crippen LogP contribution in [-0.4, -0.2) is 0 Å². The highest BCUT2D eigenvalue weighted by atomic mass is 14.1. The third-order valence-corrected chi connectivity index (χ3v) is 2.25. The van der Waals surface area contributed by atoms with Gasteiger partial charge < -0.3 is 0 Å². The summed E-state index contributed by atoms with van der Waals surface area (Å²) in [5.41, 5.74) is 2.58. The fraction of sp³-hybridized carbons (Fsp3) is 0. The van der Waals surface area contributed by atoms with Gasteiger partial charge in [0.25, 0.3) is 0 Å². The van der Waals surface area contributed by atoms with Crippen molar-refractivity contribution in [2.45, 2.75) is 0 Å². The van der Waals surface area contributed by atoms with Crippen molar-refractivity contribution in [1.29, 1.82) is 0 Å². The van der Waals surface area contributed by atoms with Crippen LogP contribution in [0.1, 0.15) is 11.1 Å². The molecule has 1 aliphatic rings. The van der Waals surface area contributed by atoms with Crippen LogP contribution in [0.25, 0.3) is 22.9 Å². The van der Waals surface area contributed by atoms with Crippen LogP contribution >= 0.6 is 0 Å². The van der Waals surface area contributed by atoms with E-state index in [1.54, 1.807) is 0 Å². The summed E-state index contributed by atoms with van der Waals surface area (Å²) in [7, 11) is 0. The predicted molar refractivity (Wildman–Crippen MR) is 50.5 cm³/mol. The second-order valence-corrected chi connectivity index (χ2v) is 2.95. The van der Waals surface area contributed by atoms with Crippen LogP contribution in [0.5, 0.6) is 0 Å². The molecule has 0 saturated carbocycles. The molecule has 0 atom stereocenters. The average Bonchev–Trinajstić information content (AvgIpc) is 2.52. The van der Waals surface area contributed by atoms with Crippen LogP contribution in [0.4, 0.5) is 0 Å². The quantitative estimate of drug-likeness (QED) is 0.462. The Hall–Kier alpha value is -1.56. The molecule has 2 aromatic rings. The molecule has 0 aliphatic heterocycles. The van der Waals surface area contributed by atoms with E-state index >= 15 is 0 Å². The molecule has 2 radical (unpaired) electrons. The fourth-order valence-electron chi connectivity index (χ4n) is 1.69. The lowest BCUT2D eigenvalue weighted by molar-refractivity contribution is 1.70. The van der Waals surface area contributed by atoms with Gasteiger partial charge in [-0.3, -0.25) is 0 Å². The Morgan fingerprint density at radius 3 is 2.00 bits per heavy atom. The van der Waals surface area contributed by atoms with E-state index in [0.29, 0.717) is 0 Å². The molecule has 12 heavy (non-hydrogen) atoms. The molecule has 0 spiro atoms. The van der Waals surface area contributed by atoms with Gasteiger partial charge in [0.1, 0.15) is 0 Å². The highest BCUT2D eigenvalue weighted by molar-refractivity contribution is 6.04. The lowest BCUT2D eigenvalue weighted by atomic mass is 10.0. The van der Waals surface area contributed by atoms with Crippen molar-refractivity contribution in [1.82, 2.24) is 0 Å². The second-order valence-electron chi connectivity index (χ2n) is 2.95. The third-order valence-electron chi connectivity index (χ3n) is 2.25. The van der Waals surface area contributed by atoms with E-state index in [-0.39, 0.29) is 0 Å². The van der Waals surface area contributed by atoms with Crippen LogP contribution in [0, 0.1) is 12.1 Å². The molecule has 0 bridgehead atoms. The smallest absolute Gasteiger partial charge is 0.00143 e. The zero-order valence-corrected chi connectivity index (χ0v) is 6.46. The SMILES string of the molecule is [c]1ccc2c3c(cc[c]c13)C=C2. The Balaban J connectivity index is 2.64. The van der Waals surface area contributed by atoms with E-state index in [0.717, 1.165) is 5.39 Å². The van der Waals surface area contributed by atoms with Gasteiger partial charge in [-0.05, 0) is 34.0 Å². The Morgan fingerprint density at radius 2 is 1.42 bits per heavy atom. The van der Waals surface area contributed by atoms with E-state index in [1.165, 1.54) is 16.5 Å². The van der Waals surface area contributed by atoms with Gasteiger partial charge in [-0.25, -0.2) is 0 Å². The molecule has 0 unspecified atom stereocenters. The minimum absolute atomic E-state index is 1.09. The summed E-state index contributed by atoms with van der Waals surface area (Å²) in [6.07, 6.45) is 4.28. The molecule has 0 nitrogen and oxygen atoms in total. The van der Waals surface area contributed by atoms with Crippen molar-refractivity contribution < 1.29 is 0 Å². The second kappa shape index (κ2) is 1.98. The van der Waals surface area contributed by atoms with Crippen molar-refractivity contribution in [3.05, 3.63) is 47.5 Å². The minimum atomic E-state index is 1.09. The molecule has 0 aromatic heterocycles. The minimum Gasteiger partial charge on any atom is -0.0537 e. The standard InChI is InChI=1S/C12H6/c1-3-9-4-2-6-11-8-7-10(5-1)12(9)11/h1-2,5-8H. The van der Waals surface area contributed by atoms with Crippen molar-refractivity contribution in [3.8, 4) is 0 Å². The molecule has 54 valence electrons. The number of benzene rings is 2. The van der Waals surface area contributed by atoms with Crippen molar-refractivity contribution in [2.75, 3.05) is 0 Å². The van der Waals surface area contributed by atoms with E-state index in [1.807, 2.05) is 12.1 Å². The maximum Gasteiger partial charge on any atom is -0.00143 e. The molecule has 0 heterocycles. The summed E-state index contributed by atoms with van der Waals surface area (Å²) in [5, 5.41) is 2.38. The van der Waals surface area contributed by atoms with Crippen LogP contribution in [0.15, 0.2) is 24.3 Å². The van der Waals surface area contributed by atoms with Crippen LogP contribution in [0.2, 0.25) is 0 Å². The number of hydrogen-bond donors (Lipinski definition) is 0. The summed E-state index contributed by atoms with van der Waals surface area (Å²) < 4.78 is 0. The van der Waals surface area contributed by atoms with E-state index < -0.39 is 0 Å². The molecule has 0 fully saturated rings. The molecule has 2 aromatic carbocycles. The van der Waals surface area contributed by atoms with E-state index in [2.05, 4.69) is 36.4 Å². The molecule has 3 rings (SSSR count). The summed E-state index contributed by atoms with van der Waals surface area (Å²) in [5.74, 6) is 0. The Kier molecular flexibility index (Phi) is 0.991. The summed E-state index contributed by atoms with van der Waals surface area (Å²) in [6, 6.07) is 14.4. The van der Waals surface area contributed by atoms with Gasteiger partial charge in [-0.2, -0.15) is 0 Å². The van der Waals surface area contributed by atoms with Gasteiger partial charge in [-0.15, -0.1) is 0 Å². The van der Waals surface area contributed by atoms with Gasteiger partial charge in [0.15, 0.2) is 0 Å². The first kappa shape index (κ1) is 6.01.